The Labute approximate surface area is 206 Å². The predicted octanol–water partition coefficient (Wildman–Crippen LogP) is 3.48. The molecule has 1 unspecified atom stereocenters. The summed E-state index contributed by atoms with van der Waals surface area (Å²) in [5.74, 6) is 0.753. The molecule has 0 amide bonds. The molecule has 1 atom stereocenters. The van der Waals surface area contributed by atoms with Gasteiger partial charge in [-0.2, -0.15) is 0 Å². The maximum atomic E-state index is 13.6. The molecule has 180 valence electrons. The third-order valence-corrected chi connectivity index (χ3v) is 6.54. The van der Waals surface area contributed by atoms with Crippen LogP contribution < -0.4 is 24.4 Å². The van der Waals surface area contributed by atoms with Crippen LogP contribution in [0, 0.1) is 0 Å². The Morgan fingerprint density at radius 2 is 1.91 bits per heavy atom. The molecule has 4 rings (SSSR count). The van der Waals surface area contributed by atoms with Crippen LogP contribution in [0.15, 0.2) is 75.7 Å². The number of hydrogen-bond acceptors (Lipinski definition) is 7. The highest BCUT2D eigenvalue weighted by Gasteiger charge is 2.30. The quantitative estimate of drug-likeness (QED) is 0.474. The second-order valence-electron chi connectivity index (χ2n) is 7.72. The van der Waals surface area contributed by atoms with E-state index in [0.29, 0.717) is 32.1 Å². The number of thiazole rings is 1. The van der Waals surface area contributed by atoms with Gasteiger partial charge in [0.25, 0.3) is 5.56 Å². The first kappa shape index (κ1) is 24.2. The van der Waals surface area contributed by atoms with E-state index in [9.17, 15) is 9.59 Å². The zero-order valence-electron chi connectivity index (χ0n) is 20.0. The Bertz CT molecular complexity index is 1480. The standard InChI is InChI=1S/C27H26N2O5S/c1-5-34-26(31)24-17(2)28-27-29(21(24)14-11-18-9-7-6-8-10-18)25(30)23(35-27)15-19-12-13-20(32-3)16-22(19)33-4/h6-16,21H,5H2,1-4H3/b14-11+,23-15-. The first-order chi connectivity index (χ1) is 17.0. The van der Waals surface area contributed by atoms with Crippen LogP contribution in [-0.4, -0.2) is 31.4 Å². The van der Waals surface area contributed by atoms with Crippen molar-refractivity contribution in [1.82, 2.24) is 4.57 Å². The normalized spacial score (nSPS) is 15.7. The van der Waals surface area contributed by atoms with Gasteiger partial charge in [0.15, 0.2) is 4.80 Å². The number of nitrogens with zero attached hydrogens (tertiary/aromatic N) is 2. The van der Waals surface area contributed by atoms with Gasteiger partial charge in [-0.3, -0.25) is 9.36 Å². The lowest BCUT2D eigenvalue weighted by atomic mass is 10.0. The van der Waals surface area contributed by atoms with Gasteiger partial charge in [0.1, 0.15) is 11.5 Å². The van der Waals surface area contributed by atoms with Crippen molar-refractivity contribution in [2.75, 3.05) is 20.8 Å². The summed E-state index contributed by atoms with van der Waals surface area (Å²) >= 11 is 1.26. The van der Waals surface area contributed by atoms with Crippen molar-refractivity contribution >= 4 is 29.5 Å². The van der Waals surface area contributed by atoms with Gasteiger partial charge in [0, 0.05) is 11.6 Å². The summed E-state index contributed by atoms with van der Waals surface area (Å²) in [6, 6.07) is 14.5. The van der Waals surface area contributed by atoms with Crippen LogP contribution in [0.25, 0.3) is 12.2 Å². The number of esters is 1. The average molecular weight is 491 g/mol. The molecule has 0 saturated heterocycles. The summed E-state index contributed by atoms with van der Waals surface area (Å²) in [6.45, 7) is 3.74. The number of aromatic nitrogens is 1. The minimum atomic E-state index is -0.648. The maximum absolute atomic E-state index is 13.6. The second-order valence-corrected chi connectivity index (χ2v) is 8.73. The number of methoxy groups -OCH3 is 2. The second kappa shape index (κ2) is 10.6. The summed E-state index contributed by atoms with van der Waals surface area (Å²) in [5, 5.41) is 0. The monoisotopic (exact) mass is 490 g/mol. The fraction of sp³-hybridized carbons (Fsp3) is 0.222. The number of carbonyl (C=O) groups is 1. The molecule has 0 saturated carbocycles. The highest BCUT2D eigenvalue weighted by molar-refractivity contribution is 7.07. The lowest BCUT2D eigenvalue weighted by Gasteiger charge is -2.21. The molecule has 0 N–H and O–H groups in total. The molecule has 0 spiro atoms. The summed E-state index contributed by atoms with van der Waals surface area (Å²) in [5.41, 5.74) is 2.32. The van der Waals surface area contributed by atoms with E-state index < -0.39 is 12.0 Å². The topological polar surface area (TPSA) is 79.1 Å². The van der Waals surface area contributed by atoms with Gasteiger partial charge in [0.05, 0.1) is 42.7 Å². The number of ether oxygens (including phenoxy) is 3. The molecule has 7 nitrogen and oxygen atoms in total. The fourth-order valence-electron chi connectivity index (χ4n) is 3.86. The molecular formula is C27H26N2O5S. The summed E-state index contributed by atoms with van der Waals surface area (Å²) < 4.78 is 18.1. The van der Waals surface area contributed by atoms with Gasteiger partial charge in [-0.25, -0.2) is 9.79 Å². The van der Waals surface area contributed by atoms with Crippen LogP contribution in [-0.2, 0) is 9.53 Å². The van der Waals surface area contributed by atoms with Crippen LogP contribution in [0.5, 0.6) is 11.5 Å². The minimum absolute atomic E-state index is 0.229. The molecule has 3 aromatic rings. The molecule has 0 radical (unpaired) electrons. The molecular weight excluding hydrogens is 464 g/mol. The number of rotatable bonds is 7. The first-order valence-corrected chi connectivity index (χ1v) is 11.9. The Morgan fingerprint density at radius 1 is 1.14 bits per heavy atom. The Morgan fingerprint density at radius 3 is 2.60 bits per heavy atom. The SMILES string of the molecule is CCOC(=O)C1=C(C)N=c2s/c(=C\c3ccc(OC)cc3OC)c(=O)n2C1/C=C/c1ccccc1. The van der Waals surface area contributed by atoms with Gasteiger partial charge < -0.3 is 14.2 Å². The molecule has 2 heterocycles. The lowest BCUT2D eigenvalue weighted by Crippen LogP contribution is -2.38. The molecule has 0 bridgehead atoms. The van der Waals surface area contributed by atoms with Gasteiger partial charge in [-0.05, 0) is 37.6 Å². The van der Waals surface area contributed by atoms with Crippen molar-refractivity contribution < 1.29 is 19.0 Å². The van der Waals surface area contributed by atoms with Crippen LogP contribution in [0.2, 0.25) is 0 Å². The van der Waals surface area contributed by atoms with Gasteiger partial charge in [-0.15, -0.1) is 0 Å². The Balaban J connectivity index is 1.88. The molecule has 1 aliphatic rings. The van der Waals surface area contributed by atoms with Crippen molar-refractivity contribution in [1.29, 1.82) is 0 Å². The molecule has 2 aromatic carbocycles. The summed E-state index contributed by atoms with van der Waals surface area (Å²) in [7, 11) is 3.15. The van der Waals surface area contributed by atoms with E-state index >= 15 is 0 Å². The molecule has 0 aliphatic carbocycles. The van der Waals surface area contributed by atoms with Crippen molar-refractivity contribution in [2.24, 2.45) is 4.99 Å². The van der Waals surface area contributed by atoms with E-state index in [0.717, 1.165) is 11.1 Å². The molecule has 1 aromatic heterocycles. The largest absolute Gasteiger partial charge is 0.497 e. The predicted molar refractivity (Wildman–Crippen MR) is 136 cm³/mol. The zero-order chi connectivity index (χ0) is 24.9. The molecule has 35 heavy (non-hydrogen) atoms. The van der Waals surface area contributed by atoms with E-state index in [1.807, 2.05) is 48.6 Å². The maximum Gasteiger partial charge on any atom is 0.338 e. The third-order valence-electron chi connectivity index (χ3n) is 5.56. The highest BCUT2D eigenvalue weighted by Crippen LogP contribution is 2.27. The number of carbonyl (C=O) groups excluding carboxylic acids is 1. The van der Waals surface area contributed by atoms with Crippen LogP contribution in [0.4, 0.5) is 0 Å². The van der Waals surface area contributed by atoms with E-state index in [-0.39, 0.29) is 12.2 Å². The van der Waals surface area contributed by atoms with Crippen LogP contribution in [0.3, 0.4) is 0 Å². The molecule has 1 aliphatic heterocycles. The average Bonchev–Trinajstić information content (AvgIpc) is 3.17. The zero-order valence-corrected chi connectivity index (χ0v) is 20.8. The van der Waals surface area contributed by atoms with E-state index in [2.05, 4.69) is 4.99 Å². The number of allylic oxidation sites excluding steroid dienone is 2. The van der Waals surface area contributed by atoms with E-state index in [1.54, 1.807) is 50.8 Å². The van der Waals surface area contributed by atoms with Crippen molar-refractivity contribution in [3.63, 3.8) is 0 Å². The van der Waals surface area contributed by atoms with Crippen LogP contribution >= 0.6 is 11.3 Å². The minimum Gasteiger partial charge on any atom is -0.497 e. The van der Waals surface area contributed by atoms with Crippen molar-refractivity contribution in [2.45, 2.75) is 19.9 Å². The van der Waals surface area contributed by atoms with Crippen molar-refractivity contribution in [3.05, 3.63) is 96.7 Å². The van der Waals surface area contributed by atoms with Gasteiger partial charge in [-0.1, -0.05) is 53.8 Å². The summed E-state index contributed by atoms with van der Waals surface area (Å²) in [4.78, 5) is 31.6. The van der Waals surface area contributed by atoms with E-state index in [4.69, 9.17) is 14.2 Å². The van der Waals surface area contributed by atoms with Gasteiger partial charge >= 0.3 is 5.97 Å². The van der Waals surface area contributed by atoms with Gasteiger partial charge in [0.2, 0.25) is 0 Å². The summed E-state index contributed by atoms with van der Waals surface area (Å²) in [6.07, 6.45) is 5.50. The lowest BCUT2D eigenvalue weighted by molar-refractivity contribution is -0.139. The Kier molecular flexibility index (Phi) is 7.31. The molecule has 0 fully saturated rings. The smallest absolute Gasteiger partial charge is 0.338 e. The number of fused-ring (bicyclic) bond motifs is 1. The number of benzene rings is 2. The van der Waals surface area contributed by atoms with Crippen LogP contribution in [0.1, 0.15) is 31.0 Å². The fourth-order valence-corrected chi connectivity index (χ4v) is 4.91. The van der Waals surface area contributed by atoms with Crippen molar-refractivity contribution in [3.8, 4) is 11.5 Å². The Hall–Kier alpha value is -3.91. The highest BCUT2D eigenvalue weighted by atomic mass is 32.1. The number of hydrogen-bond donors (Lipinski definition) is 0. The first-order valence-electron chi connectivity index (χ1n) is 11.1. The van der Waals surface area contributed by atoms with E-state index in [1.165, 1.54) is 11.3 Å². The molecule has 8 heteroatoms. The third kappa shape index (κ3) is 4.97.